The van der Waals surface area contributed by atoms with E-state index in [-0.39, 0.29) is 0 Å². The van der Waals surface area contributed by atoms with Crippen LogP contribution >= 0.6 is 0 Å². The topological polar surface area (TPSA) is 0 Å². The van der Waals surface area contributed by atoms with Gasteiger partial charge in [0.15, 0.2) is 0 Å². The first-order chi connectivity index (χ1) is 8.65. The van der Waals surface area contributed by atoms with Gasteiger partial charge in [0.05, 0.1) is 0 Å². The average Bonchev–Trinajstić information content (AvgIpc) is 2.38. The molecule has 0 heterocycles. The van der Waals surface area contributed by atoms with Crippen LogP contribution in [0.3, 0.4) is 0 Å². The normalized spacial score (nSPS) is 11.3. The summed E-state index contributed by atoms with van der Waals surface area (Å²) in [6.45, 7) is 6.55. The molecule has 0 aromatic heterocycles. The van der Waals surface area contributed by atoms with Gasteiger partial charge in [-0.1, -0.05) is 80.1 Å². The van der Waals surface area contributed by atoms with Crippen LogP contribution in [0.25, 0.3) is 12.2 Å². The van der Waals surface area contributed by atoms with Crippen molar-refractivity contribution in [1.29, 1.82) is 0 Å². The Hall–Kier alpha value is -1.82. The highest BCUT2D eigenvalue weighted by Crippen LogP contribution is 2.16. The first kappa shape index (κ1) is 12.6. The number of benzene rings is 2. The molecule has 0 fully saturated rings. The second-order valence-corrected chi connectivity index (χ2v) is 5.07. The Labute approximate surface area is 110 Å². The summed E-state index contributed by atoms with van der Waals surface area (Å²) in [6.07, 6.45) is 4.32. The molecular formula is C18H20. The lowest BCUT2D eigenvalue weighted by atomic mass is 10.0. The van der Waals surface area contributed by atoms with Crippen LogP contribution in [0.5, 0.6) is 0 Å². The highest BCUT2D eigenvalue weighted by atomic mass is 14.0. The smallest absolute Gasteiger partial charge is 0.0219 e. The third kappa shape index (κ3) is 3.33. The van der Waals surface area contributed by atoms with Crippen molar-refractivity contribution in [1.82, 2.24) is 0 Å². The van der Waals surface area contributed by atoms with Crippen molar-refractivity contribution in [2.24, 2.45) is 0 Å². The molecular weight excluding hydrogens is 216 g/mol. The maximum atomic E-state index is 2.22. The molecule has 18 heavy (non-hydrogen) atoms. The summed E-state index contributed by atoms with van der Waals surface area (Å²) in [5.41, 5.74) is 5.18. The van der Waals surface area contributed by atoms with Gasteiger partial charge in [-0.3, -0.25) is 0 Å². The Morgan fingerprint density at radius 1 is 0.722 bits per heavy atom. The summed E-state index contributed by atoms with van der Waals surface area (Å²) in [4.78, 5) is 0. The maximum Gasteiger partial charge on any atom is -0.0219 e. The van der Waals surface area contributed by atoms with Gasteiger partial charge in [0, 0.05) is 0 Å². The summed E-state index contributed by atoms with van der Waals surface area (Å²) >= 11 is 0. The monoisotopic (exact) mass is 236 g/mol. The largest absolute Gasteiger partial charge is 0.0587 e. The fourth-order valence-corrected chi connectivity index (χ4v) is 1.86. The summed E-state index contributed by atoms with van der Waals surface area (Å²) in [6, 6.07) is 17.4. The van der Waals surface area contributed by atoms with Crippen molar-refractivity contribution in [3.05, 3.63) is 70.8 Å². The van der Waals surface area contributed by atoms with Gasteiger partial charge in [-0.2, -0.15) is 0 Å². The van der Waals surface area contributed by atoms with Crippen LogP contribution in [-0.4, -0.2) is 0 Å². The third-order valence-corrected chi connectivity index (χ3v) is 3.15. The van der Waals surface area contributed by atoms with Gasteiger partial charge in [-0.15, -0.1) is 0 Å². The van der Waals surface area contributed by atoms with Crippen LogP contribution in [-0.2, 0) is 0 Å². The molecule has 0 bridgehead atoms. The SMILES string of the molecule is Cc1ccc(/C=C/c2ccc(C(C)C)cc2)cc1. The Morgan fingerprint density at radius 3 is 1.61 bits per heavy atom. The van der Waals surface area contributed by atoms with E-state index in [2.05, 4.69) is 81.5 Å². The van der Waals surface area contributed by atoms with E-state index in [9.17, 15) is 0 Å². The molecule has 92 valence electrons. The molecule has 0 nitrogen and oxygen atoms in total. The number of hydrogen-bond acceptors (Lipinski definition) is 0. The van der Waals surface area contributed by atoms with Crippen LogP contribution in [0.1, 0.15) is 42.0 Å². The van der Waals surface area contributed by atoms with E-state index in [1.165, 1.54) is 22.3 Å². The quantitative estimate of drug-likeness (QED) is 0.635. The minimum absolute atomic E-state index is 0.597. The molecule has 0 atom stereocenters. The van der Waals surface area contributed by atoms with E-state index in [1.54, 1.807) is 0 Å². The van der Waals surface area contributed by atoms with Crippen LogP contribution in [0.4, 0.5) is 0 Å². The molecule has 0 saturated heterocycles. The van der Waals surface area contributed by atoms with Crippen LogP contribution in [0, 0.1) is 6.92 Å². The number of rotatable bonds is 3. The van der Waals surface area contributed by atoms with E-state index in [1.807, 2.05) is 0 Å². The zero-order chi connectivity index (χ0) is 13.0. The van der Waals surface area contributed by atoms with Gasteiger partial charge in [0.2, 0.25) is 0 Å². The molecule has 0 spiro atoms. The highest BCUT2D eigenvalue weighted by molar-refractivity contribution is 5.69. The molecule has 0 aliphatic heterocycles. The van der Waals surface area contributed by atoms with Crippen molar-refractivity contribution in [2.75, 3.05) is 0 Å². The second-order valence-electron chi connectivity index (χ2n) is 5.07. The fraction of sp³-hybridized carbons (Fsp3) is 0.222. The van der Waals surface area contributed by atoms with E-state index >= 15 is 0 Å². The zero-order valence-electron chi connectivity index (χ0n) is 11.4. The first-order valence-electron chi connectivity index (χ1n) is 6.50. The minimum atomic E-state index is 0.597. The lowest BCUT2D eigenvalue weighted by Gasteiger charge is -2.04. The minimum Gasteiger partial charge on any atom is -0.0587 e. The van der Waals surface area contributed by atoms with E-state index in [4.69, 9.17) is 0 Å². The summed E-state index contributed by atoms with van der Waals surface area (Å²) in [5, 5.41) is 0. The molecule has 0 saturated carbocycles. The molecule has 0 unspecified atom stereocenters. The molecule has 0 aliphatic rings. The van der Waals surface area contributed by atoms with Crippen molar-refractivity contribution < 1.29 is 0 Å². The first-order valence-corrected chi connectivity index (χ1v) is 6.50. The van der Waals surface area contributed by atoms with Crippen molar-refractivity contribution in [3.63, 3.8) is 0 Å². The van der Waals surface area contributed by atoms with E-state index < -0.39 is 0 Å². The molecule has 2 aromatic carbocycles. The van der Waals surface area contributed by atoms with Gasteiger partial charge in [-0.25, -0.2) is 0 Å². The van der Waals surface area contributed by atoms with Crippen molar-refractivity contribution in [3.8, 4) is 0 Å². The summed E-state index contributed by atoms with van der Waals surface area (Å²) in [7, 11) is 0. The molecule has 2 rings (SSSR count). The lowest BCUT2D eigenvalue weighted by molar-refractivity contribution is 0.866. The molecule has 0 heteroatoms. The van der Waals surface area contributed by atoms with E-state index in [0.29, 0.717) is 5.92 Å². The highest BCUT2D eigenvalue weighted by Gasteiger charge is 1.97. The second kappa shape index (κ2) is 5.68. The predicted molar refractivity (Wildman–Crippen MR) is 80.6 cm³/mol. The Kier molecular flexibility index (Phi) is 3.99. The van der Waals surface area contributed by atoms with Gasteiger partial charge in [-0.05, 0) is 29.5 Å². The standard InChI is InChI=1S/C18H20/c1-14(2)18-12-10-17(11-13-18)9-8-16-6-4-15(3)5-7-16/h4-14H,1-3H3/b9-8+. The maximum absolute atomic E-state index is 2.22. The average molecular weight is 236 g/mol. The van der Waals surface area contributed by atoms with Gasteiger partial charge >= 0.3 is 0 Å². The zero-order valence-corrected chi connectivity index (χ0v) is 11.4. The van der Waals surface area contributed by atoms with Gasteiger partial charge < -0.3 is 0 Å². The molecule has 0 amide bonds. The predicted octanol–water partition coefficient (Wildman–Crippen LogP) is 5.29. The Bertz CT molecular complexity index is 513. The van der Waals surface area contributed by atoms with Crippen LogP contribution < -0.4 is 0 Å². The summed E-state index contributed by atoms with van der Waals surface area (Å²) < 4.78 is 0. The lowest BCUT2D eigenvalue weighted by Crippen LogP contribution is -1.85. The Balaban J connectivity index is 2.11. The van der Waals surface area contributed by atoms with Crippen molar-refractivity contribution >= 4 is 12.2 Å². The van der Waals surface area contributed by atoms with E-state index in [0.717, 1.165) is 0 Å². The molecule has 0 radical (unpaired) electrons. The fourth-order valence-electron chi connectivity index (χ4n) is 1.86. The molecule has 2 aromatic rings. The summed E-state index contributed by atoms with van der Waals surface area (Å²) in [5.74, 6) is 0.597. The van der Waals surface area contributed by atoms with Crippen LogP contribution in [0.15, 0.2) is 48.5 Å². The van der Waals surface area contributed by atoms with Crippen molar-refractivity contribution in [2.45, 2.75) is 26.7 Å². The number of aryl methyl sites for hydroxylation is 1. The Morgan fingerprint density at radius 2 is 1.17 bits per heavy atom. The van der Waals surface area contributed by atoms with Gasteiger partial charge in [0.25, 0.3) is 0 Å². The van der Waals surface area contributed by atoms with Crippen LogP contribution in [0.2, 0.25) is 0 Å². The molecule has 0 N–H and O–H groups in total. The molecule has 0 aliphatic carbocycles. The van der Waals surface area contributed by atoms with Gasteiger partial charge in [0.1, 0.15) is 0 Å². The third-order valence-electron chi connectivity index (χ3n) is 3.15. The number of hydrogen-bond donors (Lipinski definition) is 0.